The summed E-state index contributed by atoms with van der Waals surface area (Å²) < 4.78 is 6.58. The monoisotopic (exact) mass is 297 g/mol. The number of benzene rings is 1. The second-order valence-electron chi connectivity index (χ2n) is 5.03. The summed E-state index contributed by atoms with van der Waals surface area (Å²) in [5, 5.41) is 0. The largest absolute Gasteiger partial charge is 0.411 e. The molecule has 0 aromatic heterocycles. The molecule has 1 nitrogen and oxygen atoms in total. The second kappa shape index (κ2) is 5.47. The van der Waals surface area contributed by atoms with Crippen molar-refractivity contribution in [1.29, 1.82) is 0 Å². The predicted octanol–water partition coefficient (Wildman–Crippen LogP) is 4.27. The smallest absolute Gasteiger partial charge is 0.247 e. The standard InChI is InChI=1S/C13H18BrOSi/c1-9(2)13(3,4)12(15-16)10-6-5-7-11(14)8-10/h5-9,12H,1-4H3. The molecule has 1 atom stereocenters. The van der Waals surface area contributed by atoms with E-state index in [1.165, 1.54) is 5.56 Å². The lowest BCUT2D eigenvalue weighted by atomic mass is 9.74. The summed E-state index contributed by atoms with van der Waals surface area (Å²) in [7, 11) is 3.22. The number of hydrogen-bond acceptors (Lipinski definition) is 1. The highest BCUT2D eigenvalue weighted by atomic mass is 79.9. The first-order valence-electron chi connectivity index (χ1n) is 5.47. The Morgan fingerprint density at radius 3 is 2.38 bits per heavy atom. The summed E-state index contributed by atoms with van der Waals surface area (Å²) in [5.41, 5.74) is 1.26. The average Bonchev–Trinajstić information content (AvgIpc) is 2.18. The van der Waals surface area contributed by atoms with E-state index in [0.717, 1.165) is 4.47 Å². The number of hydrogen-bond donors (Lipinski definition) is 0. The number of rotatable bonds is 4. The third kappa shape index (κ3) is 2.96. The van der Waals surface area contributed by atoms with Crippen LogP contribution in [0.4, 0.5) is 0 Å². The molecular formula is C13H18BrOSi. The Morgan fingerprint density at radius 2 is 1.94 bits per heavy atom. The first kappa shape index (κ1) is 13.9. The molecule has 1 aromatic carbocycles. The zero-order chi connectivity index (χ0) is 12.3. The maximum absolute atomic E-state index is 5.50. The average molecular weight is 298 g/mol. The molecule has 1 aromatic rings. The molecule has 16 heavy (non-hydrogen) atoms. The van der Waals surface area contributed by atoms with Crippen LogP contribution in [0.15, 0.2) is 28.7 Å². The molecule has 1 unspecified atom stereocenters. The zero-order valence-electron chi connectivity index (χ0n) is 10.3. The molecule has 0 saturated heterocycles. The Hall–Kier alpha value is -0.123. The van der Waals surface area contributed by atoms with Crippen LogP contribution >= 0.6 is 15.9 Å². The molecule has 0 heterocycles. The van der Waals surface area contributed by atoms with E-state index in [1.807, 2.05) is 12.1 Å². The molecule has 87 valence electrons. The van der Waals surface area contributed by atoms with Gasteiger partial charge >= 0.3 is 0 Å². The van der Waals surface area contributed by atoms with E-state index in [9.17, 15) is 0 Å². The molecular weight excluding hydrogens is 280 g/mol. The van der Waals surface area contributed by atoms with Gasteiger partial charge in [-0.3, -0.25) is 0 Å². The minimum Gasteiger partial charge on any atom is -0.411 e. The van der Waals surface area contributed by atoms with Gasteiger partial charge in [0.05, 0.1) is 6.10 Å². The molecule has 0 aliphatic rings. The van der Waals surface area contributed by atoms with Crippen molar-refractivity contribution in [3.63, 3.8) is 0 Å². The Labute approximate surface area is 110 Å². The molecule has 0 amide bonds. The lowest BCUT2D eigenvalue weighted by Gasteiger charge is -2.37. The maximum atomic E-state index is 5.50. The molecule has 0 saturated carbocycles. The highest BCUT2D eigenvalue weighted by Gasteiger charge is 2.33. The Balaban J connectivity index is 3.08. The van der Waals surface area contributed by atoms with E-state index < -0.39 is 0 Å². The first-order valence-corrected chi connectivity index (χ1v) is 6.67. The van der Waals surface area contributed by atoms with Crippen LogP contribution in [0, 0.1) is 11.3 Å². The van der Waals surface area contributed by atoms with Crippen LogP contribution in [0.25, 0.3) is 0 Å². The van der Waals surface area contributed by atoms with Crippen molar-refractivity contribution in [2.75, 3.05) is 0 Å². The van der Waals surface area contributed by atoms with Crippen LogP contribution in [0.1, 0.15) is 39.4 Å². The molecule has 3 radical (unpaired) electrons. The Morgan fingerprint density at radius 1 is 1.31 bits per heavy atom. The maximum Gasteiger partial charge on any atom is 0.247 e. The highest BCUT2D eigenvalue weighted by molar-refractivity contribution is 9.10. The van der Waals surface area contributed by atoms with E-state index in [1.54, 1.807) is 0 Å². The molecule has 0 spiro atoms. The van der Waals surface area contributed by atoms with Crippen LogP contribution in [0.5, 0.6) is 0 Å². The quantitative estimate of drug-likeness (QED) is 0.754. The van der Waals surface area contributed by atoms with Crippen molar-refractivity contribution < 1.29 is 4.43 Å². The minimum atomic E-state index is 0.0432. The molecule has 0 bridgehead atoms. The second-order valence-corrected chi connectivity index (χ2v) is 6.18. The third-order valence-electron chi connectivity index (χ3n) is 3.43. The van der Waals surface area contributed by atoms with Crippen LogP contribution in [-0.4, -0.2) is 10.5 Å². The fraction of sp³-hybridized carbons (Fsp3) is 0.538. The highest BCUT2D eigenvalue weighted by Crippen LogP contribution is 2.42. The van der Waals surface area contributed by atoms with Crippen molar-refractivity contribution in [1.82, 2.24) is 0 Å². The molecule has 0 N–H and O–H groups in total. The van der Waals surface area contributed by atoms with Gasteiger partial charge in [0.1, 0.15) is 0 Å². The van der Waals surface area contributed by atoms with Gasteiger partial charge in [-0.05, 0) is 29.0 Å². The lowest BCUT2D eigenvalue weighted by molar-refractivity contribution is 0.0430. The SMILES string of the molecule is CC(C)C(C)(C)C(O[Si])c1cccc(Br)c1. The predicted molar refractivity (Wildman–Crippen MR) is 72.3 cm³/mol. The summed E-state index contributed by atoms with van der Waals surface area (Å²) in [5.74, 6) is 0.535. The minimum absolute atomic E-state index is 0.0432. The summed E-state index contributed by atoms with van der Waals surface area (Å²) in [6.07, 6.45) is 0.0432. The summed E-state index contributed by atoms with van der Waals surface area (Å²) >= 11 is 3.49. The van der Waals surface area contributed by atoms with Crippen molar-refractivity contribution in [2.45, 2.75) is 33.8 Å². The normalized spacial score (nSPS) is 14.2. The van der Waals surface area contributed by atoms with E-state index in [2.05, 4.69) is 66.2 Å². The molecule has 0 fully saturated rings. The van der Waals surface area contributed by atoms with Gasteiger partial charge in [-0.1, -0.05) is 55.8 Å². The summed E-state index contributed by atoms with van der Waals surface area (Å²) in [6, 6.07) is 8.26. The van der Waals surface area contributed by atoms with Crippen molar-refractivity contribution in [3.05, 3.63) is 34.3 Å². The molecule has 0 aliphatic heterocycles. The number of halogens is 1. The van der Waals surface area contributed by atoms with Gasteiger partial charge in [0, 0.05) is 4.47 Å². The van der Waals surface area contributed by atoms with Crippen LogP contribution in [0.2, 0.25) is 0 Å². The van der Waals surface area contributed by atoms with Crippen molar-refractivity contribution in [3.8, 4) is 0 Å². The fourth-order valence-electron chi connectivity index (χ4n) is 1.62. The zero-order valence-corrected chi connectivity index (χ0v) is 12.8. The van der Waals surface area contributed by atoms with Gasteiger partial charge in [0.25, 0.3) is 0 Å². The van der Waals surface area contributed by atoms with E-state index in [4.69, 9.17) is 4.43 Å². The van der Waals surface area contributed by atoms with E-state index in [0.29, 0.717) is 5.92 Å². The van der Waals surface area contributed by atoms with Gasteiger partial charge in [0.2, 0.25) is 10.5 Å². The molecule has 0 aliphatic carbocycles. The Bertz CT molecular complexity index is 350. The van der Waals surface area contributed by atoms with Crippen LogP contribution in [0.3, 0.4) is 0 Å². The lowest BCUT2D eigenvalue weighted by Crippen LogP contribution is -2.29. The van der Waals surface area contributed by atoms with E-state index in [-0.39, 0.29) is 11.5 Å². The van der Waals surface area contributed by atoms with Gasteiger partial charge in [-0.15, -0.1) is 0 Å². The summed E-state index contributed by atoms with van der Waals surface area (Å²) in [6.45, 7) is 8.89. The van der Waals surface area contributed by atoms with Crippen molar-refractivity contribution in [2.24, 2.45) is 11.3 Å². The van der Waals surface area contributed by atoms with Gasteiger partial charge < -0.3 is 4.43 Å². The van der Waals surface area contributed by atoms with Gasteiger partial charge in [-0.25, -0.2) is 0 Å². The molecule has 3 heteroatoms. The topological polar surface area (TPSA) is 9.23 Å². The Kier molecular flexibility index (Phi) is 4.77. The van der Waals surface area contributed by atoms with Crippen LogP contribution in [-0.2, 0) is 4.43 Å². The molecule has 1 rings (SSSR count). The van der Waals surface area contributed by atoms with E-state index >= 15 is 0 Å². The van der Waals surface area contributed by atoms with Crippen LogP contribution < -0.4 is 0 Å². The van der Waals surface area contributed by atoms with Gasteiger partial charge in [0.15, 0.2) is 0 Å². The van der Waals surface area contributed by atoms with Crippen molar-refractivity contribution >= 4 is 26.4 Å². The van der Waals surface area contributed by atoms with Gasteiger partial charge in [-0.2, -0.15) is 0 Å². The summed E-state index contributed by atoms with van der Waals surface area (Å²) in [4.78, 5) is 0. The third-order valence-corrected chi connectivity index (χ3v) is 4.16. The first-order chi connectivity index (χ1) is 7.39. The fourth-order valence-corrected chi connectivity index (χ4v) is 2.48.